The maximum absolute atomic E-state index is 14.7. The van der Waals surface area contributed by atoms with Gasteiger partial charge in [-0.15, -0.1) is 10.2 Å². The van der Waals surface area contributed by atoms with E-state index < -0.39 is 27.8 Å². The van der Waals surface area contributed by atoms with Crippen LogP contribution in [0.3, 0.4) is 0 Å². The van der Waals surface area contributed by atoms with Crippen molar-refractivity contribution in [2.24, 2.45) is 0 Å². The van der Waals surface area contributed by atoms with Crippen molar-refractivity contribution in [1.82, 2.24) is 25.3 Å². The third-order valence-corrected chi connectivity index (χ3v) is 7.45. The Morgan fingerprint density at radius 3 is 2.59 bits per heavy atom. The van der Waals surface area contributed by atoms with Gasteiger partial charge in [-0.2, -0.15) is 9.94 Å². The van der Waals surface area contributed by atoms with Crippen LogP contribution in [0.5, 0.6) is 0 Å². The van der Waals surface area contributed by atoms with E-state index in [4.69, 9.17) is 11.6 Å². The van der Waals surface area contributed by atoms with Gasteiger partial charge in [0.15, 0.2) is 5.82 Å². The normalized spacial score (nSPS) is 14.0. The van der Waals surface area contributed by atoms with Crippen molar-refractivity contribution < 1.29 is 12.8 Å². The van der Waals surface area contributed by atoms with E-state index in [0.29, 0.717) is 15.1 Å². The molecule has 29 heavy (non-hydrogen) atoms. The Labute approximate surface area is 181 Å². The molecule has 0 spiro atoms. The molecule has 3 aromatic rings. The van der Waals surface area contributed by atoms with Gasteiger partial charge >= 0.3 is 0 Å². The van der Waals surface area contributed by atoms with Crippen LogP contribution in [0.25, 0.3) is 0 Å². The number of tetrazole rings is 1. The second-order valence-corrected chi connectivity index (χ2v) is 9.61. The largest absolute Gasteiger partial charge is 0.242 e. The number of hydrogen-bond acceptors (Lipinski definition) is 5. The molecule has 3 rings (SSSR count). The minimum Gasteiger partial charge on any atom is -0.207 e. The van der Waals surface area contributed by atoms with Gasteiger partial charge in [0.05, 0.1) is 10.9 Å². The SMILES string of the molecule is Cc1ccc(F)c(C(C)C(NS(=O)(=O)c2ccc(Cl)cc2Br)c2nn[nH]n2)c1C. The minimum atomic E-state index is -4.02. The van der Waals surface area contributed by atoms with Gasteiger partial charge in [-0.25, -0.2) is 12.8 Å². The molecule has 2 atom stereocenters. The van der Waals surface area contributed by atoms with Crippen LogP contribution in [0, 0.1) is 19.7 Å². The van der Waals surface area contributed by atoms with Gasteiger partial charge < -0.3 is 0 Å². The topological polar surface area (TPSA) is 101 Å². The predicted octanol–water partition coefficient (Wildman–Crippen LogP) is 4.19. The number of rotatable bonds is 6. The average molecular weight is 503 g/mol. The maximum atomic E-state index is 14.7. The Hall–Kier alpha value is -1.88. The summed E-state index contributed by atoms with van der Waals surface area (Å²) in [6.45, 7) is 5.37. The molecule has 2 unspecified atom stereocenters. The van der Waals surface area contributed by atoms with Crippen LogP contribution in [0.15, 0.2) is 39.7 Å². The van der Waals surface area contributed by atoms with Gasteiger partial charge in [-0.1, -0.05) is 29.8 Å². The molecule has 0 saturated heterocycles. The molecule has 0 aliphatic rings. The van der Waals surface area contributed by atoms with Gasteiger partial charge in [0, 0.05) is 15.4 Å². The van der Waals surface area contributed by atoms with E-state index in [1.807, 2.05) is 6.92 Å². The molecule has 0 aliphatic carbocycles. The summed E-state index contributed by atoms with van der Waals surface area (Å²) < 4.78 is 43.7. The number of benzene rings is 2. The summed E-state index contributed by atoms with van der Waals surface area (Å²) >= 11 is 9.14. The quantitative estimate of drug-likeness (QED) is 0.526. The molecular weight excluding hydrogens is 485 g/mol. The molecule has 0 fully saturated rings. The summed E-state index contributed by atoms with van der Waals surface area (Å²) in [4.78, 5) is -0.0102. The standard InChI is InChI=1S/C18H18BrClFN5O2S/c1-9-4-6-14(21)16(10(9)2)11(3)17(18-22-25-26-23-18)24-29(27,28)15-7-5-12(20)8-13(15)19/h4-8,11,17,24H,1-3H3,(H,22,23,25,26). The van der Waals surface area contributed by atoms with Crippen LogP contribution in [-0.2, 0) is 10.0 Å². The van der Waals surface area contributed by atoms with Crippen molar-refractivity contribution >= 4 is 37.6 Å². The van der Waals surface area contributed by atoms with Gasteiger partial charge in [0.2, 0.25) is 10.0 Å². The zero-order valence-electron chi connectivity index (χ0n) is 15.7. The zero-order chi connectivity index (χ0) is 21.3. The van der Waals surface area contributed by atoms with Gasteiger partial charge in [0.1, 0.15) is 5.82 Å². The Bertz CT molecular complexity index is 1140. The summed E-state index contributed by atoms with van der Waals surface area (Å²) in [5, 5.41) is 14.1. The highest BCUT2D eigenvalue weighted by atomic mass is 79.9. The molecule has 2 aromatic carbocycles. The molecule has 1 aromatic heterocycles. The molecular formula is C18H18BrClFN5O2S. The van der Waals surface area contributed by atoms with Crippen LogP contribution < -0.4 is 4.72 Å². The first-order valence-corrected chi connectivity index (χ1v) is 11.2. The number of H-pyrrole nitrogens is 1. The van der Waals surface area contributed by atoms with E-state index in [0.717, 1.165) is 11.1 Å². The van der Waals surface area contributed by atoms with E-state index >= 15 is 0 Å². The lowest BCUT2D eigenvalue weighted by Gasteiger charge is -2.25. The van der Waals surface area contributed by atoms with E-state index in [2.05, 4.69) is 41.3 Å². The smallest absolute Gasteiger partial charge is 0.207 e. The number of aromatic amines is 1. The fourth-order valence-electron chi connectivity index (χ4n) is 3.13. The highest BCUT2D eigenvalue weighted by Gasteiger charge is 2.33. The molecule has 0 saturated carbocycles. The summed E-state index contributed by atoms with van der Waals surface area (Å²) in [5.74, 6) is -0.944. The van der Waals surface area contributed by atoms with Crippen molar-refractivity contribution in [3.05, 3.63) is 68.2 Å². The van der Waals surface area contributed by atoms with Crippen molar-refractivity contribution in [3.8, 4) is 0 Å². The molecule has 0 aliphatic heterocycles. The van der Waals surface area contributed by atoms with E-state index in [1.54, 1.807) is 19.9 Å². The van der Waals surface area contributed by atoms with Crippen molar-refractivity contribution in [2.75, 3.05) is 0 Å². The van der Waals surface area contributed by atoms with Crippen LogP contribution in [0.1, 0.15) is 41.4 Å². The number of hydrogen-bond donors (Lipinski definition) is 2. The van der Waals surface area contributed by atoms with E-state index in [1.165, 1.54) is 24.3 Å². The second kappa shape index (κ2) is 8.47. The van der Waals surface area contributed by atoms with Crippen LogP contribution in [0.2, 0.25) is 5.02 Å². The van der Waals surface area contributed by atoms with Crippen LogP contribution >= 0.6 is 27.5 Å². The Morgan fingerprint density at radius 1 is 1.24 bits per heavy atom. The third-order valence-electron chi connectivity index (χ3n) is 4.79. The van der Waals surface area contributed by atoms with Crippen LogP contribution in [-0.4, -0.2) is 29.0 Å². The number of aromatic nitrogens is 4. The molecule has 2 N–H and O–H groups in total. The number of nitrogens with one attached hydrogen (secondary N) is 2. The Kier molecular flexibility index (Phi) is 6.37. The minimum absolute atomic E-state index is 0.0102. The highest BCUT2D eigenvalue weighted by molar-refractivity contribution is 9.10. The first-order chi connectivity index (χ1) is 13.6. The van der Waals surface area contributed by atoms with E-state index in [-0.39, 0.29) is 10.7 Å². The Balaban J connectivity index is 2.07. The molecule has 0 bridgehead atoms. The van der Waals surface area contributed by atoms with Gasteiger partial charge in [-0.05, 0) is 70.7 Å². The summed E-state index contributed by atoms with van der Waals surface area (Å²) in [5.41, 5.74) is 2.01. The first kappa shape index (κ1) is 21.8. The van der Waals surface area contributed by atoms with Crippen molar-refractivity contribution in [1.29, 1.82) is 0 Å². The molecule has 154 valence electrons. The molecule has 7 nitrogen and oxygen atoms in total. The molecule has 11 heteroatoms. The maximum Gasteiger partial charge on any atom is 0.242 e. The fraction of sp³-hybridized carbons (Fsp3) is 0.278. The summed E-state index contributed by atoms with van der Waals surface area (Å²) in [7, 11) is -4.02. The number of nitrogens with zero attached hydrogens (tertiary/aromatic N) is 3. The predicted molar refractivity (Wildman–Crippen MR) is 111 cm³/mol. The van der Waals surface area contributed by atoms with E-state index in [9.17, 15) is 12.8 Å². The molecule has 0 amide bonds. The summed E-state index contributed by atoms with van der Waals surface area (Å²) in [6, 6.07) is 6.41. The molecule has 0 radical (unpaired) electrons. The lowest BCUT2D eigenvalue weighted by Crippen LogP contribution is -2.33. The average Bonchev–Trinajstić information content (AvgIpc) is 3.17. The highest BCUT2D eigenvalue weighted by Crippen LogP contribution is 2.35. The zero-order valence-corrected chi connectivity index (χ0v) is 18.9. The van der Waals surface area contributed by atoms with Crippen molar-refractivity contribution in [3.63, 3.8) is 0 Å². The second-order valence-electron chi connectivity index (χ2n) is 6.64. The monoisotopic (exact) mass is 501 g/mol. The summed E-state index contributed by atoms with van der Waals surface area (Å²) in [6.07, 6.45) is 0. The molecule has 1 heterocycles. The fourth-order valence-corrected chi connectivity index (χ4v) is 5.79. The Morgan fingerprint density at radius 2 is 1.97 bits per heavy atom. The third kappa shape index (κ3) is 4.50. The lowest BCUT2D eigenvalue weighted by atomic mass is 9.88. The first-order valence-electron chi connectivity index (χ1n) is 8.58. The van der Waals surface area contributed by atoms with Crippen LogP contribution in [0.4, 0.5) is 4.39 Å². The van der Waals surface area contributed by atoms with Gasteiger partial charge in [0.25, 0.3) is 0 Å². The number of aryl methyl sites for hydroxylation is 1. The lowest BCUT2D eigenvalue weighted by molar-refractivity contribution is 0.478. The number of halogens is 3. The number of sulfonamides is 1. The van der Waals surface area contributed by atoms with Crippen molar-refractivity contribution in [2.45, 2.75) is 37.6 Å². The van der Waals surface area contributed by atoms with Gasteiger partial charge in [-0.3, -0.25) is 0 Å².